The zero-order valence-corrected chi connectivity index (χ0v) is 18.4. The molecular formula is C24H29NO6. The second kappa shape index (κ2) is 9.64. The molecule has 1 amide bonds. The summed E-state index contributed by atoms with van der Waals surface area (Å²) >= 11 is 0. The summed E-state index contributed by atoms with van der Waals surface area (Å²) in [5.41, 5.74) is 2.12. The predicted octanol–water partition coefficient (Wildman–Crippen LogP) is 4.28. The van der Waals surface area contributed by atoms with Gasteiger partial charge in [0, 0.05) is 11.6 Å². The Labute approximate surface area is 182 Å². The SMILES string of the molecule is CC(Oc1cccc(C(C)(C)C)c1)C(=O)Nc1ccc(C(C)C(C(=O)O)C(=O)O)cc1. The summed E-state index contributed by atoms with van der Waals surface area (Å²) in [6.45, 7) is 9.49. The van der Waals surface area contributed by atoms with Crippen LogP contribution < -0.4 is 10.1 Å². The Morgan fingerprint density at radius 2 is 1.52 bits per heavy atom. The number of carboxylic acids is 2. The Bertz CT molecular complexity index is 931. The van der Waals surface area contributed by atoms with E-state index in [1.54, 1.807) is 44.2 Å². The predicted molar refractivity (Wildman–Crippen MR) is 117 cm³/mol. The molecule has 0 aliphatic heterocycles. The minimum absolute atomic E-state index is 0.0377. The van der Waals surface area contributed by atoms with Crippen LogP contribution in [-0.2, 0) is 19.8 Å². The van der Waals surface area contributed by atoms with Crippen LogP contribution in [0.25, 0.3) is 0 Å². The molecular weight excluding hydrogens is 398 g/mol. The maximum absolute atomic E-state index is 12.5. The number of nitrogens with one attached hydrogen (secondary N) is 1. The molecule has 2 rings (SSSR count). The third-order valence-electron chi connectivity index (χ3n) is 5.12. The fourth-order valence-corrected chi connectivity index (χ4v) is 3.13. The van der Waals surface area contributed by atoms with Gasteiger partial charge in [0.2, 0.25) is 0 Å². The van der Waals surface area contributed by atoms with Crippen molar-refractivity contribution < 1.29 is 29.3 Å². The van der Waals surface area contributed by atoms with Crippen molar-refractivity contribution in [3.05, 3.63) is 59.7 Å². The van der Waals surface area contributed by atoms with E-state index in [1.807, 2.05) is 18.2 Å². The number of aliphatic carboxylic acids is 2. The van der Waals surface area contributed by atoms with E-state index >= 15 is 0 Å². The summed E-state index contributed by atoms with van der Waals surface area (Å²) in [5, 5.41) is 21.0. The van der Waals surface area contributed by atoms with Crippen LogP contribution in [0.15, 0.2) is 48.5 Å². The van der Waals surface area contributed by atoms with E-state index in [4.69, 9.17) is 14.9 Å². The highest BCUT2D eigenvalue weighted by atomic mass is 16.5. The fraction of sp³-hybridized carbons (Fsp3) is 0.375. The summed E-state index contributed by atoms with van der Waals surface area (Å²) in [5.74, 6) is -4.78. The Morgan fingerprint density at radius 1 is 0.935 bits per heavy atom. The van der Waals surface area contributed by atoms with Gasteiger partial charge >= 0.3 is 11.9 Å². The van der Waals surface area contributed by atoms with Gasteiger partial charge in [-0.25, -0.2) is 0 Å². The Kier molecular flexibility index (Phi) is 7.44. The van der Waals surface area contributed by atoms with Crippen molar-refractivity contribution >= 4 is 23.5 Å². The molecule has 2 aromatic carbocycles. The van der Waals surface area contributed by atoms with Gasteiger partial charge in [-0.3, -0.25) is 14.4 Å². The first-order chi connectivity index (χ1) is 14.4. The van der Waals surface area contributed by atoms with Gasteiger partial charge < -0.3 is 20.3 Å². The summed E-state index contributed by atoms with van der Waals surface area (Å²) < 4.78 is 5.79. The molecule has 0 bridgehead atoms. The van der Waals surface area contributed by atoms with Gasteiger partial charge in [-0.2, -0.15) is 0 Å². The Morgan fingerprint density at radius 3 is 2.03 bits per heavy atom. The van der Waals surface area contributed by atoms with Crippen LogP contribution in [0.1, 0.15) is 51.7 Å². The number of anilines is 1. The maximum atomic E-state index is 12.5. The first kappa shape index (κ1) is 23.9. The normalized spacial score (nSPS) is 13.4. The van der Waals surface area contributed by atoms with Crippen LogP contribution in [0, 0.1) is 5.92 Å². The minimum Gasteiger partial charge on any atom is -0.481 e. The second-order valence-corrected chi connectivity index (χ2v) is 8.59. The lowest BCUT2D eigenvalue weighted by Gasteiger charge is -2.21. The van der Waals surface area contributed by atoms with Crippen molar-refractivity contribution in [1.82, 2.24) is 0 Å². The Hall–Kier alpha value is -3.35. The van der Waals surface area contributed by atoms with Crippen LogP contribution in [0.5, 0.6) is 5.75 Å². The van der Waals surface area contributed by atoms with E-state index in [0.717, 1.165) is 5.56 Å². The first-order valence-corrected chi connectivity index (χ1v) is 10.0. The van der Waals surface area contributed by atoms with Crippen LogP contribution in [0.4, 0.5) is 5.69 Å². The van der Waals surface area contributed by atoms with Gasteiger partial charge in [-0.05, 0) is 47.7 Å². The number of hydrogen-bond donors (Lipinski definition) is 3. The molecule has 2 atom stereocenters. The van der Waals surface area contributed by atoms with Gasteiger partial charge in [0.25, 0.3) is 5.91 Å². The Balaban J connectivity index is 2.04. The molecule has 7 nitrogen and oxygen atoms in total. The monoisotopic (exact) mass is 427 g/mol. The minimum atomic E-state index is -1.54. The fourth-order valence-electron chi connectivity index (χ4n) is 3.13. The molecule has 0 aliphatic carbocycles. The van der Waals surface area contributed by atoms with Crippen LogP contribution >= 0.6 is 0 Å². The van der Waals surface area contributed by atoms with Gasteiger partial charge in [0.05, 0.1) is 0 Å². The van der Waals surface area contributed by atoms with Crippen LogP contribution in [0.3, 0.4) is 0 Å². The van der Waals surface area contributed by atoms with Crippen molar-refractivity contribution in [2.45, 2.75) is 52.1 Å². The molecule has 0 saturated heterocycles. The van der Waals surface area contributed by atoms with Crippen LogP contribution in [-0.4, -0.2) is 34.2 Å². The molecule has 7 heteroatoms. The largest absolute Gasteiger partial charge is 0.481 e. The molecule has 0 aliphatic rings. The first-order valence-electron chi connectivity index (χ1n) is 10.0. The van der Waals surface area contributed by atoms with E-state index in [-0.39, 0.29) is 11.3 Å². The number of ether oxygens (including phenoxy) is 1. The molecule has 0 aromatic heterocycles. The van der Waals surface area contributed by atoms with Crippen LogP contribution in [0.2, 0.25) is 0 Å². The summed E-state index contributed by atoms with van der Waals surface area (Å²) in [4.78, 5) is 34.9. The molecule has 0 spiro atoms. The topological polar surface area (TPSA) is 113 Å². The lowest BCUT2D eigenvalue weighted by atomic mass is 9.87. The lowest BCUT2D eigenvalue weighted by Crippen LogP contribution is -2.30. The van der Waals surface area contributed by atoms with Gasteiger partial charge in [0.15, 0.2) is 12.0 Å². The van der Waals surface area contributed by atoms with Gasteiger partial charge in [-0.15, -0.1) is 0 Å². The summed E-state index contributed by atoms with van der Waals surface area (Å²) in [7, 11) is 0. The van der Waals surface area contributed by atoms with Gasteiger partial charge in [0.1, 0.15) is 5.75 Å². The number of rotatable bonds is 8. The van der Waals surface area contributed by atoms with E-state index in [1.165, 1.54) is 0 Å². The summed E-state index contributed by atoms with van der Waals surface area (Å²) in [6, 6.07) is 14.1. The zero-order chi connectivity index (χ0) is 23.3. The number of carbonyl (C=O) groups excluding carboxylic acids is 1. The molecule has 0 heterocycles. The van der Waals surface area contributed by atoms with Crippen molar-refractivity contribution in [1.29, 1.82) is 0 Å². The highest BCUT2D eigenvalue weighted by Crippen LogP contribution is 2.27. The zero-order valence-electron chi connectivity index (χ0n) is 18.4. The highest BCUT2D eigenvalue weighted by molar-refractivity contribution is 5.95. The lowest BCUT2D eigenvalue weighted by molar-refractivity contribution is -0.155. The molecule has 31 heavy (non-hydrogen) atoms. The number of benzene rings is 2. The molecule has 2 aromatic rings. The molecule has 0 fully saturated rings. The maximum Gasteiger partial charge on any atom is 0.318 e. The van der Waals surface area contributed by atoms with E-state index in [9.17, 15) is 14.4 Å². The molecule has 166 valence electrons. The quantitative estimate of drug-likeness (QED) is 0.542. The standard InChI is InChI=1S/C24H29NO6/c1-14(20(22(27)28)23(29)30)16-9-11-18(12-10-16)25-21(26)15(2)31-19-8-6-7-17(13-19)24(3,4)5/h6-15,20H,1-5H3,(H,25,26)(H,27,28)(H,29,30). The average molecular weight is 427 g/mol. The van der Waals surface area contributed by atoms with Crippen molar-refractivity contribution in [2.75, 3.05) is 5.32 Å². The third kappa shape index (κ3) is 6.31. The smallest absolute Gasteiger partial charge is 0.318 e. The number of carbonyl (C=O) groups is 3. The van der Waals surface area contributed by atoms with E-state index in [2.05, 4.69) is 26.1 Å². The number of carboxylic acid groups (broad SMARTS) is 2. The van der Waals surface area contributed by atoms with E-state index in [0.29, 0.717) is 17.0 Å². The van der Waals surface area contributed by atoms with Crippen molar-refractivity contribution in [3.8, 4) is 5.75 Å². The summed E-state index contributed by atoms with van der Waals surface area (Å²) in [6.07, 6.45) is -0.739. The van der Waals surface area contributed by atoms with Crippen molar-refractivity contribution in [2.24, 2.45) is 5.92 Å². The van der Waals surface area contributed by atoms with Crippen molar-refractivity contribution in [3.63, 3.8) is 0 Å². The second-order valence-electron chi connectivity index (χ2n) is 8.59. The average Bonchev–Trinajstić information content (AvgIpc) is 2.67. The molecule has 0 radical (unpaired) electrons. The van der Waals surface area contributed by atoms with Gasteiger partial charge in [-0.1, -0.05) is 52.0 Å². The molecule has 0 saturated carbocycles. The molecule has 2 unspecified atom stereocenters. The number of hydrogen-bond acceptors (Lipinski definition) is 4. The van der Waals surface area contributed by atoms with E-state index < -0.39 is 29.9 Å². The molecule has 3 N–H and O–H groups in total. The number of amides is 1. The third-order valence-corrected chi connectivity index (χ3v) is 5.12. The highest BCUT2D eigenvalue weighted by Gasteiger charge is 2.32.